The van der Waals surface area contributed by atoms with Crippen LogP contribution in [0.2, 0.25) is 0 Å². The van der Waals surface area contributed by atoms with E-state index in [1.165, 1.54) is 18.5 Å². The van der Waals surface area contributed by atoms with Crippen LogP contribution in [0, 0.1) is 0 Å². The molecule has 0 aliphatic carbocycles. The van der Waals surface area contributed by atoms with E-state index in [-0.39, 0.29) is 19.1 Å². The van der Waals surface area contributed by atoms with Gasteiger partial charge < -0.3 is 19.0 Å². The third-order valence-corrected chi connectivity index (χ3v) is 4.82. The lowest BCUT2D eigenvalue weighted by molar-refractivity contribution is -0.137. The molecule has 0 spiro atoms. The first kappa shape index (κ1) is 23.7. The van der Waals surface area contributed by atoms with Gasteiger partial charge in [-0.15, -0.1) is 0 Å². The molecule has 33 heavy (non-hydrogen) atoms. The number of carbonyl (C=O) groups excluding carboxylic acids is 1. The predicted molar refractivity (Wildman–Crippen MR) is 124 cm³/mol. The first-order chi connectivity index (χ1) is 16.0. The molecule has 3 rings (SSSR count). The van der Waals surface area contributed by atoms with Crippen molar-refractivity contribution in [3.8, 4) is 17.2 Å². The van der Waals surface area contributed by atoms with E-state index in [1.807, 2.05) is 37.3 Å². The zero-order valence-electron chi connectivity index (χ0n) is 18.4. The standard InChI is InChI=1S/C25H26N2O6/c1-3-15-31-21(30)14-13-19-22-24(32-17(2)9-7-8-12-20(28)29)26-16-27-25(22)33-23(19)18-10-5-4-6-11-18/h3-6,10-11,13-14,16-17H,1,7-9,12,15H2,2H3,(H,28,29)/t17-/m1/s1. The summed E-state index contributed by atoms with van der Waals surface area (Å²) in [5.74, 6) is -0.473. The van der Waals surface area contributed by atoms with Crippen molar-refractivity contribution in [2.45, 2.75) is 38.7 Å². The van der Waals surface area contributed by atoms with E-state index in [1.54, 1.807) is 6.08 Å². The minimum Gasteiger partial charge on any atom is -0.481 e. The van der Waals surface area contributed by atoms with Crippen LogP contribution in [0.3, 0.4) is 0 Å². The molecule has 0 aliphatic rings. The van der Waals surface area contributed by atoms with Gasteiger partial charge in [-0.25, -0.2) is 14.8 Å². The summed E-state index contributed by atoms with van der Waals surface area (Å²) in [5.41, 5.74) is 1.73. The van der Waals surface area contributed by atoms with Gasteiger partial charge in [0.15, 0.2) is 0 Å². The summed E-state index contributed by atoms with van der Waals surface area (Å²) in [4.78, 5) is 31.3. The van der Waals surface area contributed by atoms with Gasteiger partial charge in [0.05, 0.1) is 6.10 Å². The van der Waals surface area contributed by atoms with Crippen molar-refractivity contribution in [1.29, 1.82) is 0 Å². The van der Waals surface area contributed by atoms with E-state index in [0.29, 0.717) is 47.6 Å². The number of hydrogen-bond acceptors (Lipinski definition) is 7. The Labute approximate surface area is 191 Å². The van der Waals surface area contributed by atoms with Crippen LogP contribution in [0.4, 0.5) is 0 Å². The van der Waals surface area contributed by atoms with Gasteiger partial charge >= 0.3 is 11.9 Å². The number of unbranched alkanes of at least 4 members (excludes halogenated alkanes) is 1. The molecule has 8 heteroatoms. The predicted octanol–water partition coefficient (Wildman–Crippen LogP) is 5.04. The molecule has 1 N–H and O–H groups in total. The minimum atomic E-state index is -0.809. The van der Waals surface area contributed by atoms with Crippen molar-refractivity contribution < 1.29 is 28.6 Å². The van der Waals surface area contributed by atoms with Gasteiger partial charge in [-0.3, -0.25) is 4.79 Å². The number of rotatable bonds is 12. The van der Waals surface area contributed by atoms with Gasteiger partial charge in [-0.2, -0.15) is 0 Å². The highest BCUT2D eigenvalue weighted by Gasteiger charge is 2.21. The van der Waals surface area contributed by atoms with Crippen molar-refractivity contribution in [1.82, 2.24) is 9.97 Å². The number of carbonyl (C=O) groups is 2. The van der Waals surface area contributed by atoms with Crippen molar-refractivity contribution >= 4 is 29.1 Å². The summed E-state index contributed by atoms with van der Waals surface area (Å²) in [5, 5.41) is 9.34. The molecule has 0 saturated heterocycles. The molecule has 8 nitrogen and oxygen atoms in total. The monoisotopic (exact) mass is 450 g/mol. The number of aliphatic carboxylic acids is 1. The van der Waals surface area contributed by atoms with E-state index in [0.717, 1.165) is 5.56 Å². The number of furan rings is 1. The zero-order valence-corrected chi connectivity index (χ0v) is 18.4. The molecular formula is C25H26N2O6. The molecule has 0 saturated carbocycles. The van der Waals surface area contributed by atoms with Crippen LogP contribution in [0.25, 0.3) is 28.5 Å². The largest absolute Gasteiger partial charge is 0.481 e. The number of aromatic nitrogens is 2. The van der Waals surface area contributed by atoms with Gasteiger partial charge in [0.2, 0.25) is 11.6 Å². The van der Waals surface area contributed by atoms with Crippen LogP contribution in [0.15, 0.2) is 59.8 Å². The first-order valence-electron chi connectivity index (χ1n) is 10.7. The van der Waals surface area contributed by atoms with E-state index >= 15 is 0 Å². The maximum Gasteiger partial charge on any atom is 0.331 e. The average molecular weight is 450 g/mol. The number of nitrogens with zero attached hydrogens (tertiary/aromatic N) is 2. The lowest BCUT2D eigenvalue weighted by Gasteiger charge is -2.14. The van der Waals surface area contributed by atoms with Crippen molar-refractivity contribution in [2.24, 2.45) is 0 Å². The second-order valence-electron chi connectivity index (χ2n) is 7.39. The van der Waals surface area contributed by atoms with E-state index in [9.17, 15) is 9.59 Å². The summed E-state index contributed by atoms with van der Waals surface area (Å²) in [6.45, 7) is 5.54. The Morgan fingerprint density at radius 2 is 2.00 bits per heavy atom. The van der Waals surface area contributed by atoms with Gasteiger partial charge in [0.1, 0.15) is 24.1 Å². The summed E-state index contributed by atoms with van der Waals surface area (Å²) >= 11 is 0. The van der Waals surface area contributed by atoms with Crippen LogP contribution in [-0.2, 0) is 14.3 Å². The fraction of sp³-hybridized carbons (Fsp3) is 0.280. The molecule has 0 fully saturated rings. The van der Waals surface area contributed by atoms with Gasteiger partial charge in [-0.05, 0) is 32.3 Å². The van der Waals surface area contributed by atoms with Crippen LogP contribution in [0.1, 0.15) is 38.2 Å². The Morgan fingerprint density at radius 1 is 1.21 bits per heavy atom. The maximum atomic E-state index is 12.0. The van der Waals surface area contributed by atoms with Crippen LogP contribution >= 0.6 is 0 Å². The smallest absolute Gasteiger partial charge is 0.331 e. The third-order valence-electron chi connectivity index (χ3n) is 4.82. The second kappa shape index (κ2) is 11.6. The van der Waals surface area contributed by atoms with Crippen molar-refractivity contribution in [3.05, 3.63) is 61.0 Å². The van der Waals surface area contributed by atoms with Crippen LogP contribution in [0.5, 0.6) is 5.88 Å². The summed E-state index contributed by atoms with van der Waals surface area (Å²) in [6.07, 6.45) is 7.65. The Balaban J connectivity index is 1.94. The molecule has 2 heterocycles. The van der Waals surface area contributed by atoms with Crippen molar-refractivity contribution in [2.75, 3.05) is 6.61 Å². The van der Waals surface area contributed by atoms with Gasteiger partial charge in [0, 0.05) is 23.6 Å². The zero-order chi connectivity index (χ0) is 23.6. The number of hydrogen-bond donors (Lipinski definition) is 1. The molecule has 3 aromatic rings. The lowest BCUT2D eigenvalue weighted by Crippen LogP contribution is -2.13. The van der Waals surface area contributed by atoms with E-state index in [2.05, 4.69) is 16.5 Å². The molecule has 2 aromatic heterocycles. The quantitative estimate of drug-likeness (QED) is 0.177. The summed E-state index contributed by atoms with van der Waals surface area (Å²) in [6, 6.07) is 9.45. The lowest BCUT2D eigenvalue weighted by atomic mass is 10.1. The van der Waals surface area contributed by atoms with E-state index < -0.39 is 11.9 Å². The maximum absolute atomic E-state index is 12.0. The Morgan fingerprint density at radius 3 is 2.73 bits per heavy atom. The highest BCUT2D eigenvalue weighted by atomic mass is 16.5. The molecule has 1 aromatic carbocycles. The average Bonchev–Trinajstić information content (AvgIpc) is 3.19. The first-order valence-corrected chi connectivity index (χ1v) is 10.7. The third kappa shape index (κ3) is 6.52. The highest BCUT2D eigenvalue weighted by molar-refractivity contribution is 5.99. The highest BCUT2D eigenvalue weighted by Crippen LogP contribution is 2.38. The number of carboxylic acids is 1. The molecule has 0 amide bonds. The Hall–Kier alpha value is -3.94. The van der Waals surface area contributed by atoms with Crippen LogP contribution in [-0.4, -0.2) is 39.7 Å². The van der Waals surface area contributed by atoms with Gasteiger partial charge in [0.25, 0.3) is 0 Å². The SMILES string of the molecule is C=CCOC(=O)C=Cc1c(-c2ccccc2)oc2ncnc(O[C@H](C)CCCCC(=O)O)c12. The molecule has 0 bridgehead atoms. The van der Waals surface area contributed by atoms with E-state index in [4.69, 9.17) is 19.0 Å². The molecule has 172 valence electrons. The molecular weight excluding hydrogens is 424 g/mol. The minimum absolute atomic E-state index is 0.109. The number of fused-ring (bicyclic) bond motifs is 1. The number of benzene rings is 1. The summed E-state index contributed by atoms with van der Waals surface area (Å²) < 4.78 is 17.1. The fourth-order valence-electron chi connectivity index (χ4n) is 3.28. The Kier molecular flexibility index (Phi) is 8.35. The van der Waals surface area contributed by atoms with Crippen LogP contribution < -0.4 is 4.74 Å². The number of ether oxygens (including phenoxy) is 2. The fourth-order valence-corrected chi connectivity index (χ4v) is 3.28. The summed E-state index contributed by atoms with van der Waals surface area (Å²) in [7, 11) is 0. The Bertz CT molecular complexity index is 1140. The normalized spacial score (nSPS) is 12.0. The molecule has 1 atom stereocenters. The number of carboxylic acid groups (broad SMARTS) is 1. The number of esters is 1. The molecule has 0 aliphatic heterocycles. The van der Waals surface area contributed by atoms with Gasteiger partial charge in [-0.1, -0.05) is 43.0 Å². The molecule has 0 unspecified atom stereocenters. The second-order valence-corrected chi connectivity index (χ2v) is 7.39. The van der Waals surface area contributed by atoms with Crippen molar-refractivity contribution in [3.63, 3.8) is 0 Å². The molecule has 0 radical (unpaired) electrons. The topological polar surface area (TPSA) is 112 Å².